The number of carbonyl (C=O) groups is 2. The number of amidine groups is 1. The maximum Gasteiger partial charge on any atom is 0.338 e. The molecule has 4 rings (SSSR count). The van der Waals surface area contributed by atoms with Crippen LogP contribution in [0.4, 0.5) is 9.18 Å². The fraction of sp³-hybridized carbons (Fsp3) is 0.300. The van der Waals surface area contributed by atoms with Gasteiger partial charge in [-0.05, 0) is 19.1 Å². The smallest absolute Gasteiger partial charge is 0.338 e. The number of hydrogen-bond donors (Lipinski definition) is 2. The molecule has 162 valence electrons. The van der Waals surface area contributed by atoms with Gasteiger partial charge in [-0.1, -0.05) is 17.7 Å². The van der Waals surface area contributed by atoms with Crippen LogP contribution in [-0.4, -0.2) is 47.5 Å². The zero-order valence-electron chi connectivity index (χ0n) is 16.5. The van der Waals surface area contributed by atoms with Gasteiger partial charge in [0.15, 0.2) is 10.8 Å². The van der Waals surface area contributed by atoms with Gasteiger partial charge < -0.3 is 20.3 Å². The van der Waals surface area contributed by atoms with Crippen LogP contribution in [0.15, 0.2) is 46.0 Å². The van der Waals surface area contributed by atoms with Gasteiger partial charge in [0.2, 0.25) is 0 Å². The molecule has 8 nitrogen and oxygen atoms in total. The SMILES string of the molecule is CCOC(=O)C1=C2CCNC(=O)NCN2C(c2nccs2)=N[C@H]1c1ccc(F)cc1Cl. The number of rotatable bonds is 4. The monoisotopic (exact) mass is 463 g/mol. The molecule has 0 radical (unpaired) electrons. The van der Waals surface area contributed by atoms with Crippen molar-refractivity contribution < 1.29 is 18.7 Å². The number of hydrogen-bond acceptors (Lipinski definition) is 7. The lowest BCUT2D eigenvalue weighted by Gasteiger charge is -2.37. The number of ether oxygens (including phenoxy) is 1. The molecule has 1 atom stereocenters. The molecule has 0 aliphatic carbocycles. The third kappa shape index (κ3) is 4.26. The summed E-state index contributed by atoms with van der Waals surface area (Å²) in [4.78, 5) is 35.9. The van der Waals surface area contributed by atoms with Gasteiger partial charge >= 0.3 is 12.0 Å². The van der Waals surface area contributed by atoms with Crippen molar-refractivity contribution in [2.45, 2.75) is 19.4 Å². The first-order valence-corrected chi connectivity index (χ1v) is 10.9. The lowest BCUT2D eigenvalue weighted by Crippen LogP contribution is -2.50. The van der Waals surface area contributed by atoms with Crippen LogP contribution < -0.4 is 10.6 Å². The molecule has 2 aromatic rings. The molecule has 2 N–H and O–H groups in total. The second-order valence-electron chi connectivity index (χ2n) is 6.71. The first-order chi connectivity index (χ1) is 15.0. The van der Waals surface area contributed by atoms with Gasteiger partial charge in [-0.15, -0.1) is 11.3 Å². The summed E-state index contributed by atoms with van der Waals surface area (Å²) in [5.74, 6) is -0.536. The molecule has 0 spiro atoms. The third-order valence-corrected chi connectivity index (χ3v) is 5.93. The molecule has 31 heavy (non-hydrogen) atoms. The van der Waals surface area contributed by atoms with E-state index in [-0.39, 0.29) is 24.3 Å². The number of esters is 1. The van der Waals surface area contributed by atoms with E-state index >= 15 is 0 Å². The molecule has 1 fully saturated rings. The number of urea groups is 1. The topological polar surface area (TPSA) is 95.9 Å². The van der Waals surface area contributed by atoms with Crippen LogP contribution in [0, 0.1) is 5.82 Å². The standard InChI is InChI=1S/C20H19ClFN5O3S/c1-2-30-19(28)15-14-5-6-24-20(29)25-10-27(14)17(18-23-7-8-31-18)26-16(15)12-4-3-11(22)9-13(12)21/h3-4,7-9,16H,2,5-6,10H2,1H3,(H2,24,25,29)/t16-/m0/s1. The Morgan fingerprint density at radius 2 is 2.26 bits per heavy atom. The minimum absolute atomic E-state index is 0.0896. The second kappa shape index (κ2) is 9.03. The predicted octanol–water partition coefficient (Wildman–Crippen LogP) is 3.22. The predicted molar refractivity (Wildman–Crippen MR) is 114 cm³/mol. The average molecular weight is 464 g/mol. The molecule has 1 aromatic carbocycles. The molecule has 0 saturated carbocycles. The number of nitrogens with one attached hydrogen (secondary N) is 2. The van der Waals surface area contributed by atoms with Crippen molar-refractivity contribution in [3.8, 4) is 0 Å². The van der Waals surface area contributed by atoms with E-state index in [1.807, 2.05) is 5.38 Å². The summed E-state index contributed by atoms with van der Waals surface area (Å²) in [6.45, 7) is 2.28. The quantitative estimate of drug-likeness (QED) is 0.679. The Hall–Kier alpha value is -2.98. The highest BCUT2D eigenvalue weighted by molar-refractivity contribution is 7.11. The molecule has 0 unspecified atom stereocenters. The van der Waals surface area contributed by atoms with Gasteiger partial charge in [-0.3, -0.25) is 4.99 Å². The van der Waals surface area contributed by atoms with Crippen molar-refractivity contribution in [3.63, 3.8) is 0 Å². The number of carbonyl (C=O) groups excluding carboxylic acids is 2. The number of thiazole rings is 1. The zero-order chi connectivity index (χ0) is 22.0. The molecule has 11 heteroatoms. The molecular weight excluding hydrogens is 445 g/mol. The lowest BCUT2D eigenvalue weighted by molar-refractivity contribution is -0.139. The molecule has 3 heterocycles. The Morgan fingerprint density at radius 3 is 2.97 bits per heavy atom. The Bertz CT molecular complexity index is 1070. The first kappa shape index (κ1) is 21.3. The summed E-state index contributed by atoms with van der Waals surface area (Å²) >= 11 is 7.73. The van der Waals surface area contributed by atoms with Gasteiger partial charge in [-0.25, -0.2) is 19.0 Å². The molecule has 2 amide bonds. The van der Waals surface area contributed by atoms with Gasteiger partial charge in [0.05, 0.1) is 18.8 Å². The number of fused-ring (bicyclic) bond motifs is 1. The lowest BCUT2D eigenvalue weighted by atomic mass is 9.93. The van der Waals surface area contributed by atoms with E-state index in [1.54, 1.807) is 18.0 Å². The van der Waals surface area contributed by atoms with E-state index in [0.29, 0.717) is 40.6 Å². The van der Waals surface area contributed by atoms with E-state index in [1.165, 1.54) is 29.5 Å². The number of nitrogens with zero attached hydrogens (tertiary/aromatic N) is 3. The van der Waals surface area contributed by atoms with Crippen molar-refractivity contribution >= 4 is 40.8 Å². The summed E-state index contributed by atoms with van der Waals surface area (Å²) in [6, 6.07) is 2.85. The fourth-order valence-electron chi connectivity index (χ4n) is 3.53. The number of amides is 2. The Kier molecular flexibility index (Phi) is 6.19. The largest absolute Gasteiger partial charge is 0.463 e. The summed E-state index contributed by atoms with van der Waals surface area (Å²) < 4.78 is 19.0. The molecular formula is C20H19ClFN5O3S. The van der Waals surface area contributed by atoms with E-state index in [2.05, 4.69) is 15.6 Å². The van der Waals surface area contributed by atoms with E-state index < -0.39 is 17.8 Å². The fourth-order valence-corrected chi connectivity index (χ4v) is 4.44. The van der Waals surface area contributed by atoms with Crippen LogP contribution in [0.1, 0.15) is 30.0 Å². The highest BCUT2D eigenvalue weighted by Crippen LogP contribution is 2.40. The average Bonchev–Trinajstić information content (AvgIpc) is 3.25. The summed E-state index contributed by atoms with van der Waals surface area (Å²) in [5, 5.41) is 8.07. The summed E-state index contributed by atoms with van der Waals surface area (Å²) in [7, 11) is 0. The minimum Gasteiger partial charge on any atom is -0.463 e. The molecule has 1 aromatic heterocycles. The molecule has 0 bridgehead atoms. The van der Waals surface area contributed by atoms with Crippen LogP contribution in [0.5, 0.6) is 0 Å². The zero-order valence-corrected chi connectivity index (χ0v) is 18.1. The number of aromatic nitrogens is 1. The van der Waals surface area contributed by atoms with Crippen LogP contribution in [-0.2, 0) is 9.53 Å². The number of halogens is 2. The van der Waals surface area contributed by atoms with Crippen molar-refractivity contribution in [1.29, 1.82) is 0 Å². The van der Waals surface area contributed by atoms with Crippen LogP contribution in [0.25, 0.3) is 0 Å². The Morgan fingerprint density at radius 1 is 1.42 bits per heavy atom. The van der Waals surface area contributed by atoms with Crippen molar-refractivity contribution in [3.05, 3.63) is 62.5 Å². The first-order valence-electron chi connectivity index (χ1n) is 9.61. The summed E-state index contributed by atoms with van der Waals surface area (Å²) in [5.41, 5.74) is 1.41. The van der Waals surface area contributed by atoms with E-state index in [4.69, 9.17) is 21.3 Å². The van der Waals surface area contributed by atoms with Gasteiger partial charge in [0.1, 0.15) is 11.9 Å². The molecule has 2 aliphatic heterocycles. The molecule has 1 saturated heterocycles. The van der Waals surface area contributed by atoms with Crippen molar-refractivity contribution in [1.82, 2.24) is 20.5 Å². The van der Waals surface area contributed by atoms with Gasteiger partial charge in [0, 0.05) is 40.8 Å². The normalized spacial score (nSPS) is 18.9. The maximum absolute atomic E-state index is 13.7. The van der Waals surface area contributed by atoms with Crippen LogP contribution in [0.2, 0.25) is 5.02 Å². The van der Waals surface area contributed by atoms with Crippen molar-refractivity contribution in [2.24, 2.45) is 4.99 Å². The van der Waals surface area contributed by atoms with Gasteiger partial charge in [0.25, 0.3) is 0 Å². The maximum atomic E-state index is 13.7. The minimum atomic E-state index is -0.813. The van der Waals surface area contributed by atoms with Crippen molar-refractivity contribution in [2.75, 3.05) is 19.8 Å². The Labute approximate surface area is 186 Å². The van der Waals surface area contributed by atoms with E-state index in [9.17, 15) is 14.0 Å². The highest BCUT2D eigenvalue weighted by atomic mass is 35.5. The number of aliphatic imine (C=N–C) groups is 1. The summed E-state index contributed by atoms with van der Waals surface area (Å²) in [6.07, 6.45) is 2.01. The molecule has 2 aliphatic rings. The van der Waals surface area contributed by atoms with E-state index in [0.717, 1.165) is 0 Å². The van der Waals surface area contributed by atoms with Crippen LogP contribution in [0.3, 0.4) is 0 Å². The Balaban J connectivity index is 1.92. The highest BCUT2D eigenvalue weighted by Gasteiger charge is 2.38. The third-order valence-electron chi connectivity index (χ3n) is 4.84. The van der Waals surface area contributed by atoms with Crippen LogP contribution >= 0.6 is 22.9 Å². The number of benzene rings is 1. The van der Waals surface area contributed by atoms with Gasteiger partial charge in [-0.2, -0.15) is 0 Å². The second-order valence-corrected chi connectivity index (χ2v) is 8.01.